The third-order valence-corrected chi connectivity index (χ3v) is 10.7. The molecule has 5 rings (SSSR count). The lowest BCUT2D eigenvalue weighted by atomic mass is 9.44. The van der Waals surface area contributed by atoms with E-state index in [-0.39, 0.29) is 6.29 Å². The van der Waals surface area contributed by atoms with Crippen LogP contribution in [0.1, 0.15) is 97.3 Å². The number of hydrogen-bond acceptors (Lipinski definition) is 3. The minimum absolute atomic E-state index is 0.0677. The molecule has 0 N–H and O–H groups in total. The first-order chi connectivity index (χ1) is 14.0. The van der Waals surface area contributed by atoms with Gasteiger partial charge in [0, 0.05) is 13.0 Å². The van der Waals surface area contributed by atoms with E-state index < -0.39 is 0 Å². The van der Waals surface area contributed by atoms with Crippen LogP contribution in [-0.2, 0) is 14.3 Å². The van der Waals surface area contributed by atoms with Crippen LogP contribution in [0, 0.1) is 40.4 Å². The van der Waals surface area contributed by atoms with E-state index in [1.165, 1.54) is 76.9 Å². The highest BCUT2D eigenvalue weighted by atomic mass is 16.7. The van der Waals surface area contributed by atoms with Crippen molar-refractivity contribution in [3.63, 3.8) is 0 Å². The number of carbonyl (C=O) groups is 1. The van der Waals surface area contributed by atoms with Gasteiger partial charge < -0.3 is 14.3 Å². The van der Waals surface area contributed by atoms with Crippen molar-refractivity contribution < 1.29 is 14.3 Å². The molecule has 5 aliphatic rings. The number of fused-ring (bicyclic) bond motifs is 5. The van der Waals surface area contributed by atoms with Crippen LogP contribution in [0.3, 0.4) is 0 Å². The molecule has 1 heterocycles. The SMILES string of the molecule is C[C@]12CC[C@H](O[C@@H]3CCCCO3)C[C@@H]1CC[C@@H]1[C@@H]2CC[C@]2(C)[C@@H](CC=O)CC[C@@H]12. The molecule has 3 nitrogen and oxygen atoms in total. The Balaban J connectivity index is 1.27. The number of ether oxygens (including phenoxy) is 2. The molecule has 164 valence electrons. The molecule has 0 aromatic heterocycles. The lowest BCUT2D eigenvalue weighted by Crippen LogP contribution is -2.54. The molecule has 0 amide bonds. The summed E-state index contributed by atoms with van der Waals surface area (Å²) >= 11 is 0. The van der Waals surface area contributed by atoms with Gasteiger partial charge in [-0.3, -0.25) is 0 Å². The molecule has 0 unspecified atom stereocenters. The average Bonchev–Trinajstić information content (AvgIpc) is 3.06. The Labute approximate surface area is 177 Å². The largest absolute Gasteiger partial charge is 0.353 e. The van der Waals surface area contributed by atoms with Gasteiger partial charge in [0.1, 0.15) is 6.29 Å². The molecule has 4 aliphatic carbocycles. The highest BCUT2D eigenvalue weighted by molar-refractivity contribution is 5.50. The molecule has 29 heavy (non-hydrogen) atoms. The van der Waals surface area contributed by atoms with Crippen LogP contribution in [0.25, 0.3) is 0 Å². The van der Waals surface area contributed by atoms with E-state index >= 15 is 0 Å². The monoisotopic (exact) mass is 402 g/mol. The highest BCUT2D eigenvalue weighted by Gasteiger charge is 2.60. The van der Waals surface area contributed by atoms with Crippen LogP contribution in [0.2, 0.25) is 0 Å². The number of hydrogen-bond donors (Lipinski definition) is 0. The molecule has 0 spiro atoms. The van der Waals surface area contributed by atoms with Gasteiger partial charge in [-0.1, -0.05) is 13.8 Å². The Bertz CT molecular complexity index is 599. The third-order valence-electron chi connectivity index (χ3n) is 10.7. The molecule has 9 atom stereocenters. The topological polar surface area (TPSA) is 35.5 Å². The maximum absolute atomic E-state index is 11.3. The Morgan fingerprint density at radius 2 is 1.76 bits per heavy atom. The summed E-state index contributed by atoms with van der Waals surface area (Å²) in [6.45, 7) is 6.06. The fraction of sp³-hybridized carbons (Fsp3) is 0.962. The van der Waals surface area contributed by atoms with Gasteiger partial charge in [0.2, 0.25) is 0 Å². The van der Waals surface area contributed by atoms with Gasteiger partial charge in [-0.2, -0.15) is 0 Å². The summed E-state index contributed by atoms with van der Waals surface area (Å²) in [6, 6.07) is 0. The van der Waals surface area contributed by atoms with Crippen LogP contribution in [0.4, 0.5) is 0 Å². The molecule has 0 radical (unpaired) electrons. The van der Waals surface area contributed by atoms with Crippen LogP contribution < -0.4 is 0 Å². The first-order valence-electron chi connectivity index (χ1n) is 12.8. The molecular formula is C26H42O3. The fourth-order valence-corrected chi connectivity index (χ4v) is 8.99. The Morgan fingerprint density at radius 3 is 2.55 bits per heavy atom. The van der Waals surface area contributed by atoms with Crippen molar-refractivity contribution in [2.45, 2.75) is 110 Å². The standard InChI is InChI=1S/C26H42O3/c1-25-14-11-23-21(22(25)9-7-18(25)12-15-27)8-6-19-17-20(10-13-26(19,23)2)29-24-5-3-4-16-28-24/h15,18-24H,3-14,16-17H2,1-2H3/t18-,19+,20+,21+,22+,23+,24-,25-,26+/m1/s1. The first kappa shape index (κ1) is 20.5. The molecule has 0 aromatic carbocycles. The summed E-state index contributed by atoms with van der Waals surface area (Å²) in [5.41, 5.74) is 0.949. The van der Waals surface area contributed by atoms with E-state index in [0.717, 1.165) is 43.1 Å². The van der Waals surface area contributed by atoms with Crippen molar-refractivity contribution in [2.24, 2.45) is 40.4 Å². The van der Waals surface area contributed by atoms with E-state index in [9.17, 15) is 4.79 Å². The van der Waals surface area contributed by atoms with Gasteiger partial charge in [0.15, 0.2) is 6.29 Å². The predicted molar refractivity (Wildman–Crippen MR) is 114 cm³/mol. The summed E-state index contributed by atoms with van der Waals surface area (Å²) in [6.07, 6.45) is 18.1. The van der Waals surface area contributed by atoms with Crippen molar-refractivity contribution in [1.82, 2.24) is 0 Å². The summed E-state index contributed by atoms with van der Waals surface area (Å²) in [5, 5.41) is 0. The van der Waals surface area contributed by atoms with Crippen molar-refractivity contribution in [3.05, 3.63) is 0 Å². The fourth-order valence-electron chi connectivity index (χ4n) is 8.99. The van der Waals surface area contributed by atoms with Crippen LogP contribution in [0.15, 0.2) is 0 Å². The molecule has 0 bridgehead atoms. The normalized spacial score (nSPS) is 52.3. The maximum atomic E-state index is 11.3. The Hall–Kier alpha value is -0.410. The van der Waals surface area contributed by atoms with Gasteiger partial charge >= 0.3 is 0 Å². The summed E-state index contributed by atoms with van der Waals surface area (Å²) in [7, 11) is 0. The van der Waals surface area contributed by atoms with Crippen LogP contribution in [-0.4, -0.2) is 25.3 Å². The molecule has 1 saturated heterocycles. The van der Waals surface area contributed by atoms with Crippen LogP contribution in [0.5, 0.6) is 0 Å². The number of aldehydes is 1. The zero-order valence-corrected chi connectivity index (χ0v) is 18.7. The zero-order valence-electron chi connectivity index (χ0n) is 18.7. The first-order valence-corrected chi connectivity index (χ1v) is 12.8. The molecule has 5 fully saturated rings. The molecule has 3 heteroatoms. The zero-order chi connectivity index (χ0) is 20.1. The second-order valence-electron chi connectivity index (χ2n) is 11.7. The third kappa shape index (κ3) is 3.43. The van der Waals surface area contributed by atoms with Gasteiger partial charge in [0.25, 0.3) is 0 Å². The van der Waals surface area contributed by atoms with Crippen molar-refractivity contribution in [1.29, 1.82) is 0 Å². The van der Waals surface area contributed by atoms with E-state index in [1.54, 1.807) is 0 Å². The predicted octanol–water partition coefficient (Wildman–Crippen LogP) is 6.15. The lowest BCUT2D eigenvalue weighted by molar-refractivity contribution is -0.212. The Kier molecular flexibility index (Phi) is 5.60. The van der Waals surface area contributed by atoms with E-state index in [4.69, 9.17) is 9.47 Å². The van der Waals surface area contributed by atoms with Gasteiger partial charge in [-0.15, -0.1) is 0 Å². The minimum atomic E-state index is 0.0677. The van der Waals surface area contributed by atoms with E-state index in [0.29, 0.717) is 22.9 Å². The molecule has 0 aromatic rings. The molecule has 4 saturated carbocycles. The van der Waals surface area contributed by atoms with Crippen LogP contribution >= 0.6 is 0 Å². The summed E-state index contributed by atoms with van der Waals surface area (Å²) in [5.74, 6) is 4.17. The van der Waals surface area contributed by atoms with E-state index in [1.807, 2.05) is 0 Å². The smallest absolute Gasteiger partial charge is 0.157 e. The number of rotatable bonds is 4. The minimum Gasteiger partial charge on any atom is -0.353 e. The second-order valence-corrected chi connectivity index (χ2v) is 11.7. The van der Waals surface area contributed by atoms with E-state index in [2.05, 4.69) is 13.8 Å². The maximum Gasteiger partial charge on any atom is 0.157 e. The number of carbonyl (C=O) groups excluding carboxylic acids is 1. The van der Waals surface area contributed by atoms with Gasteiger partial charge in [-0.05, 0) is 117 Å². The second kappa shape index (κ2) is 7.93. The highest BCUT2D eigenvalue weighted by Crippen LogP contribution is 2.67. The van der Waals surface area contributed by atoms with Crippen molar-refractivity contribution in [3.8, 4) is 0 Å². The lowest BCUT2D eigenvalue weighted by Gasteiger charge is -2.61. The van der Waals surface area contributed by atoms with Crippen molar-refractivity contribution >= 4 is 6.29 Å². The molecule has 1 aliphatic heterocycles. The Morgan fingerprint density at radius 1 is 0.931 bits per heavy atom. The van der Waals surface area contributed by atoms with Crippen molar-refractivity contribution in [2.75, 3.05) is 6.61 Å². The quantitative estimate of drug-likeness (QED) is 0.418. The van der Waals surface area contributed by atoms with Gasteiger partial charge in [-0.25, -0.2) is 0 Å². The summed E-state index contributed by atoms with van der Waals surface area (Å²) < 4.78 is 12.3. The van der Waals surface area contributed by atoms with Gasteiger partial charge in [0.05, 0.1) is 6.10 Å². The average molecular weight is 403 g/mol. The molecular weight excluding hydrogens is 360 g/mol. The summed E-state index contributed by atoms with van der Waals surface area (Å²) in [4.78, 5) is 11.3.